The number of hydrogen-bond donors (Lipinski definition) is 0. The van der Waals surface area contributed by atoms with Gasteiger partial charge in [-0.1, -0.05) is 41.4 Å². The summed E-state index contributed by atoms with van der Waals surface area (Å²) in [5.41, 5.74) is 2.40. The molecule has 0 radical (unpaired) electrons. The highest BCUT2D eigenvalue weighted by Gasteiger charge is 2.12. The van der Waals surface area contributed by atoms with Crippen LogP contribution in [0.1, 0.15) is 17.5 Å². The minimum atomic E-state index is 0.530. The standard InChI is InChI=1S/C13H15ClS2/c1-10-3-5-11(6-4-10)12(14)9-13-15-7-2-8-16-13/h3-6,9,13H,2,7-8H2,1H3/b12-9-. The minimum Gasteiger partial charge on any atom is -0.143 e. The van der Waals surface area contributed by atoms with Crippen molar-refractivity contribution in [1.82, 2.24) is 0 Å². The van der Waals surface area contributed by atoms with E-state index in [2.05, 4.69) is 37.3 Å². The van der Waals surface area contributed by atoms with Crippen molar-refractivity contribution in [2.45, 2.75) is 17.9 Å². The summed E-state index contributed by atoms with van der Waals surface area (Å²) in [4.78, 5) is 0. The summed E-state index contributed by atoms with van der Waals surface area (Å²) in [6.45, 7) is 2.09. The summed E-state index contributed by atoms with van der Waals surface area (Å²) in [5.74, 6) is 2.51. The Morgan fingerprint density at radius 1 is 1.25 bits per heavy atom. The van der Waals surface area contributed by atoms with Crippen LogP contribution in [0.2, 0.25) is 0 Å². The Kier molecular flexibility index (Phi) is 4.68. The van der Waals surface area contributed by atoms with E-state index in [9.17, 15) is 0 Å². The van der Waals surface area contributed by atoms with E-state index < -0.39 is 0 Å². The van der Waals surface area contributed by atoms with Crippen molar-refractivity contribution in [3.8, 4) is 0 Å². The van der Waals surface area contributed by atoms with E-state index in [0.29, 0.717) is 4.58 Å². The van der Waals surface area contributed by atoms with Crippen molar-refractivity contribution in [2.75, 3.05) is 11.5 Å². The number of hydrogen-bond acceptors (Lipinski definition) is 2. The predicted molar refractivity (Wildman–Crippen MR) is 78.3 cm³/mol. The van der Waals surface area contributed by atoms with Crippen LogP contribution in [0.5, 0.6) is 0 Å². The largest absolute Gasteiger partial charge is 0.143 e. The molecule has 0 bridgehead atoms. The fraction of sp³-hybridized carbons (Fsp3) is 0.385. The summed E-state index contributed by atoms with van der Waals surface area (Å²) in [7, 11) is 0. The maximum Gasteiger partial charge on any atom is 0.0699 e. The zero-order valence-electron chi connectivity index (χ0n) is 9.28. The molecule has 1 saturated heterocycles. The highest BCUT2D eigenvalue weighted by atomic mass is 35.5. The summed E-state index contributed by atoms with van der Waals surface area (Å²) >= 11 is 10.3. The fourth-order valence-corrected chi connectivity index (χ4v) is 4.63. The van der Waals surface area contributed by atoms with Crippen LogP contribution in [0.4, 0.5) is 0 Å². The van der Waals surface area contributed by atoms with Crippen LogP contribution < -0.4 is 0 Å². The van der Waals surface area contributed by atoms with Crippen molar-refractivity contribution in [2.24, 2.45) is 0 Å². The van der Waals surface area contributed by atoms with Crippen LogP contribution in [0, 0.1) is 6.92 Å². The van der Waals surface area contributed by atoms with Gasteiger partial charge in [-0.05, 0) is 36.5 Å². The Hall–Kier alpha value is -0.0500. The molecule has 1 heterocycles. The second-order valence-corrected chi connectivity index (χ2v) is 7.05. The van der Waals surface area contributed by atoms with Gasteiger partial charge < -0.3 is 0 Å². The Morgan fingerprint density at radius 3 is 2.50 bits per heavy atom. The molecule has 0 spiro atoms. The van der Waals surface area contributed by atoms with Gasteiger partial charge in [0.15, 0.2) is 0 Å². The number of thioether (sulfide) groups is 2. The quantitative estimate of drug-likeness (QED) is 0.759. The Balaban J connectivity index is 2.07. The van der Waals surface area contributed by atoms with Crippen LogP contribution in [-0.2, 0) is 0 Å². The van der Waals surface area contributed by atoms with Gasteiger partial charge in [0.2, 0.25) is 0 Å². The Bertz CT molecular complexity index is 364. The lowest BCUT2D eigenvalue weighted by Gasteiger charge is -2.17. The summed E-state index contributed by atoms with van der Waals surface area (Å²) < 4.78 is 0.530. The van der Waals surface area contributed by atoms with Crippen LogP contribution in [-0.4, -0.2) is 16.1 Å². The van der Waals surface area contributed by atoms with E-state index in [-0.39, 0.29) is 0 Å². The normalized spacial score (nSPS) is 18.8. The van der Waals surface area contributed by atoms with E-state index >= 15 is 0 Å². The maximum absolute atomic E-state index is 6.33. The van der Waals surface area contributed by atoms with Crippen LogP contribution >= 0.6 is 35.1 Å². The molecule has 1 aromatic carbocycles. The molecule has 3 heteroatoms. The van der Waals surface area contributed by atoms with Crippen molar-refractivity contribution >= 4 is 40.2 Å². The van der Waals surface area contributed by atoms with Crippen LogP contribution in [0.3, 0.4) is 0 Å². The summed E-state index contributed by atoms with van der Waals surface area (Å²) in [5, 5.41) is 0.881. The first-order valence-corrected chi connectivity index (χ1v) is 7.91. The molecule has 2 rings (SSSR count). The van der Waals surface area contributed by atoms with Crippen molar-refractivity contribution < 1.29 is 0 Å². The molecule has 1 fully saturated rings. The third kappa shape index (κ3) is 3.47. The molecule has 0 atom stereocenters. The van der Waals surface area contributed by atoms with Gasteiger partial charge >= 0.3 is 0 Å². The molecule has 16 heavy (non-hydrogen) atoms. The van der Waals surface area contributed by atoms with Crippen LogP contribution in [0.15, 0.2) is 30.3 Å². The minimum absolute atomic E-state index is 0.530. The van der Waals surface area contributed by atoms with Crippen LogP contribution in [0.25, 0.3) is 5.03 Å². The van der Waals surface area contributed by atoms with E-state index in [1.54, 1.807) is 0 Å². The molecule has 1 aliphatic rings. The predicted octanol–water partition coefficient (Wildman–Crippen LogP) is 4.77. The molecule has 0 unspecified atom stereocenters. The summed E-state index contributed by atoms with van der Waals surface area (Å²) in [6, 6.07) is 8.39. The lowest BCUT2D eigenvalue weighted by atomic mass is 10.1. The zero-order chi connectivity index (χ0) is 11.4. The van der Waals surface area contributed by atoms with E-state index in [1.807, 2.05) is 23.5 Å². The number of aryl methyl sites for hydroxylation is 1. The number of rotatable bonds is 2. The molecule has 1 aromatic rings. The summed E-state index contributed by atoms with van der Waals surface area (Å²) in [6.07, 6.45) is 3.50. The van der Waals surface area contributed by atoms with Gasteiger partial charge in [0.1, 0.15) is 0 Å². The lowest BCUT2D eigenvalue weighted by Crippen LogP contribution is -2.03. The first-order chi connectivity index (χ1) is 7.75. The van der Waals surface area contributed by atoms with Gasteiger partial charge in [-0.2, -0.15) is 0 Å². The molecule has 0 amide bonds. The van der Waals surface area contributed by atoms with Gasteiger partial charge in [-0.3, -0.25) is 0 Å². The Labute approximate surface area is 111 Å². The molecular weight excluding hydrogens is 256 g/mol. The molecule has 1 aliphatic heterocycles. The van der Waals surface area contributed by atoms with E-state index in [4.69, 9.17) is 11.6 Å². The molecule has 0 nitrogen and oxygen atoms in total. The Morgan fingerprint density at radius 2 is 1.88 bits per heavy atom. The third-order valence-corrected chi connectivity index (χ3v) is 5.60. The first-order valence-electron chi connectivity index (χ1n) is 5.43. The molecule has 0 aliphatic carbocycles. The monoisotopic (exact) mass is 270 g/mol. The third-order valence-electron chi connectivity index (χ3n) is 2.46. The fourth-order valence-electron chi connectivity index (χ4n) is 1.53. The van der Waals surface area contributed by atoms with E-state index in [0.717, 1.165) is 10.6 Å². The molecule has 0 N–H and O–H groups in total. The van der Waals surface area contributed by atoms with Gasteiger partial charge in [-0.15, -0.1) is 23.5 Å². The SMILES string of the molecule is Cc1ccc(/C(Cl)=C/C2SCCCS2)cc1. The average Bonchev–Trinajstić information content (AvgIpc) is 2.31. The zero-order valence-corrected chi connectivity index (χ0v) is 11.7. The molecule has 0 aromatic heterocycles. The topological polar surface area (TPSA) is 0 Å². The van der Waals surface area contributed by atoms with Gasteiger partial charge in [0, 0.05) is 5.03 Å². The van der Waals surface area contributed by atoms with Crippen molar-refractivity contribution in [3.05, 3.63) is 41.5 Å². The second kappa shape index (κ2) is 6.04. The van der Waals surface area contributed by atoms with Crippen molar-refractivity contribution in [3.63, 3.8) is 0 Å². The molecule has 86 valence electrons. The van der Waals surface area contributed by atoms with Crippen molar-refractivity contribution in [1.29, 1.82) is 0 Å². The highest BCUT2D eigenvalue weighted by molar-refractivity contribution is 8.17. The van der Waals surface area contributed by atoms with Gasteiger partial charge in [0.25, 0.3) is 0 Å². The lowest BCUT2D eigenvalue weighted by molar-refractivity contribution is 1.11. The smallest absolute Gasteiger partial charge is 0.0699 e. The van der Waals surface area contributed by atoms with Gasteiger partial charge in [-0.25, -0.2) is 0 Å². The van der Waals surface area contributed by atoms with Gasteiger partial charge in [0.05, 0.1) is 4.58 Å². The number of benzene rings is 1. The average molecular weight is 271 g/mol. The maximum atomic E-state index is 6.33. The van der Waals surface area contributed by atoms with E-state index in [1.165, 1.54) is 23.5 Å². The highest BCUT2D eigenvalue weighted by Crippen LogP contribution is 2.34. The molecular formula is C13H15ClS2. The molecule has 0 saturated carbocycles. The number of halogens is 1. The first kappa shape index (κ1) is 12.4. The second-order valence-electron chi connectivity index (χ2n) is 3.84.